The second-order valence-electron chi connectivity index (χ2n) is 28.9. The van der Waals surface area contributed by atoms with Crippen molar-refractivity contribution in [3.8, 4) is 0 Å². The van der Waals surface area contributed by atoms with Crippen LogP contribution in [-0.2, 0) is 68.7 Å². The van der Waals surface area contributed by atoms with Crippen LogP contribution in [0.25, 0.3) is 0 Å². The van der Waals surface area contributed by atoms with Gasteiger partial charge in [-0.2, -0.15) is 0 Å². The summed E-state index contributed by atoms with van der Waals surface area (Å²) < 4.78 is 10.9. The number of ether oxygens (including phenoxy) is 2. The number of amides is 9. The van der Waals surface area contributed by atoms with E-state index < -0.39 is 57.9 Å². The third-order valence-electron chi connectivity index (χ3n) is 18.7. The van der Waals surface area contributed by atoms with Crippen LogP contribution in [0.3, 0.4) is 0 Å². The van der Waals surface area contributed by atoms with E-state index in [1.807, 2.05) is 104 Å². The summed E-state index contributed by atoms with van der Waals surface area (Å²) in [4.78, 5) is 121. The average molecular weight is 1440 g/mol. The monoisotopic (exact) mass is 1440 g/mol. The fourth-order valence-electron chi connectivity index (χ4n) is 11.4. The number of hydrogen-bond acceptors (Lipinski definition) is 11. The molecule has 20 heteroatoms. The first-order valence-electron chi connectivity index (χ1n) is 37.9. The molecule has 6 aromatic carbocycles. The molecule has 0 aliphatic carbocycles. The summed E-state index contributed by atoms with van der Waals surface area (Å²) in [6.07, 6.45) is 21.0. The van der Waals surface area contributed by atoms with E-state index in [9.17, 15) is 43.2 Å². The van der Waals surface area contributed by atoms with E-state index in [0.29, 0.717) is 67.5 Å². The highest BCUT2D eigenvalue weighted by Gasteiger charge is 2.38. The lowest BCUT2D eigenvalue weighted by Gasteiger charge is -2.27. The minimum absolute atomic E-state index is 0.0301. The van der Waals surface area contributed by atoms with Gasteiger partial charge in [-0.1, -0.05) is 196 Å². The van der Waals surface area contributed by atoms with Crippen molar-refractivity contribution in [2.75, 3.05) is 72.5 Å². The van der Waals surface area contributed by atoms with Crippen LogP contribution in [0.5, 0.6) is 0 Å². The van der Waals surface area contributed by atoms with Gasteiger partial charge in [-0.05, 0) is 180 Å². The Morgan fingerprint density at radius 3 is 0.914 bits per heavy atom. The third-order valence-corrected chi connectivity index (χ3v) is 18.7. The summed E-state index contributed by atoms with van der Waals surface area (Å²) in [5.74, 6) is -3.26. The molecule has 8 N–H and O–H groups in total. The number of nitrogens with one attached hydrogen (secondary N) is 8. The molecule has 6 rings (SSSR count). The number of anilines is 5. The van der Waals surface area contributed by atoms with Gasteiger partial charge in [-0.3, -0.25) is 38.9 Å². The molecular formula is C85H115N9O11. The van der Waals surface area contributed by atoms with E-state index in [4.69, 9.17) is 9.47 Å². The Hall–Kier alpha value is -9.85. The van der Waals surface area contributed by atoms with E-state index in [-0.39, 0.29) is 44.5 Å². The molecular weight excluding hydrogens is 1320 g/mol. The number of rotatable bonds is 45. The van der Waals surface area contributed by atoms with Crippen molar-refractivity contribution < 1.29 is 52.6 Å². The van der Waals surface area contributed by atoms with Gasteiger partial charge >= 0.3 is 18.1 Å². The van der Waals surface area contributed by atoms with E-state index in [0.717, 1.165) is 77.5 Å². The fourth-order valence-corrected chi connectivity index (χ4v) is 11.4. The van der Waals surface area contributed by atoms with Crippen molar-refractivity contribution in [3.05, 3.63) is 185 Å². The molecule has 6 aromatic rings. The Morgan fingerprint density at radius 1 is 0.305 bits per heavy atom. The first-order chi connectivity index (χ1) is 50.4. The molecule has 0 fully saturated rings. The zero-order chi connectivity index (χ0) is 76.0. The minimum atomic E-state index is -1.55. The Bertz CT molecular complexity index is 3540. The van der Waals surface area contributed by atoms with Crippen LogP contribution < -0.4 is 42.5 Å². The summed E-state index contributed by atoms with van der Waals surface area (Å²) >= 11 is 0. The normalized spacial score (nSPS) is 11.4. The van der Waals surface area contributed by atoms with Crippen molar-refractivity contribution in [2.45, 2.75) is 197 Å². The average Bonchev–Trinajstić information content (AvgIpc) is 0.843. The SMILES string of the molecule is CCCCCCCCCCOC(=O)Cc1ccc(Cc2ccc(NC(=O)C(C)(C)C(=O)NCCN(CCNC(=O)C(C)(C)C(=O)Nc3ccc(Cc4ccc(NC(=O)OCCCCCCCCCC)cc4)cc3)C(=O)Nc3ccc(Cc4ccc(NC(=O)C(C)(C)C(=O)NCCC)cc4)cc3)cc2)cc1. The second-order valence-corrected chi connectivity index (χ2v) is 28.9. The lowest BCUT2D eigenvalue weighted by atomic mass is 9.91. The van der Waals surface area contributed by atoms with E-state index in [1.54, 1.807) is 62.4 Å². The highest BCUT2D eigenvalue weighted by Crippen LogP contribution is 2.26. The van der Waals surface area contributed by atoms with Gasteiger partial charge in [0.1, 0.15) is 16.2 Å². The van der Waals surface area contributed by atoms with Gasteiger partial charge in [0.15, 0.2) is 0 Å². The summed E-state index contributed by atoms with van der Waals surface area (Å²) in [5.41, 5.74) is 5.09. The van der Waals surface area contributed by atoms with Crippen molar-refractivity contribution in [1.29, 1.82) is 0 Å². The number of esters is 1. The molecule has 566 valence electrons. The summed E-state index contributed by atoms with van der Waals surface area (Å²) in [6, 6.07) is 44.1. The minimum Gasteiger partial charge on any atom is -0.465 e. The van der Waals surface area contributed by atoms with Crippen LogP contribution in [0, 0.1) is 16.2 Å². The van der Waals surface area contributed by atoms with Crippen molar-refractivity contribution in [2.24, 2.45) is 16.2 Å². The van der Waals surface area contributed by atoms with E-state index >= 15 is 0 Å². The zero-order valence-corrected chi connectivity index (χ0v) is 63.6. The molecule has 0 aromatic heterocycles. The summed E-state index contributed by atoms with van der Waals surface area (Å²) in [5, 5.41) is 22.7. The predicted octanol–water partition coefficient (Wildman–Crippen LogP) is 16.3. The summed E-state index contributed by atoms with van der Waals surface area (Å²) in [6.45, 7) is 16.7. The molecule has 9 amide bonds. The number of benzene rings is 6. The highest BCUT2D eigenvalue weighted by molar-refractivity contribution is 6.11. The zero-order valence-electron chi connectivity index (χ0n) is 63.6. The number of carbonyl (C=O) groups excluding carboxylic acids is 9. The van der Waals surface area contributed by atoms with Gasteiger partial charge in [0.05, 0.1) is 19.6 Å². The maximum atomic E-state index is 14.2. The molecule has 0 radical (unpaired) electrons. The maximum Gasteiger partial charge on any atom is 0.411 e. The Morgan fingerprint density at radius 2 is 0.581 bits per heavy atom. The molecule has 0 atom stereocenters. The van der Waals surface area contributed by atoms with Crippen LogP contribution in [-0.4, -0.2) is 104 Å². The Kier molecular flexibility index (Phi) is 35.3. The van der Waals surface area contributed by atoms with Gasteiger partial charge in [-0.25, -0.2) is 9.59 Å². The van der Waals surface area contributed by atoms with E-state index in [1.165, 1.54) is 103 Å². The van der Waals surface area contributed by atoms with Crippen LogP contribution in [0.1, 0.15) is 210 Å². The molecule has 0 unspecified atom stereocenters. The number of carbonyl (C=O) groups is 9. The van der Waals surface area contributed by atoms with Crippen molar-refractivity contribution in [3.63, 3.8) is 0 Å². The first-order valence-corrected chi connectivity index (χ1v) is 37.9. The van der Waals surface area contributed by atoms with Crippen LogP contribution in [0.4, 0.5) is 38.0 Å². The Labute approximate surface area is 622 Å². The number of unbranched alkanes of at least 4 members (excludes halogenated alkanes) is 14. The molecule has 105 heavy (non-hydrogen) atoms. The summed E-state index contributed by atoms with van der Waals surface area (Å²) in [7, 11) is 0. The van der Waals surface area contributed by atoms with Crippen LogP contribution in [0.15, 0.2) is 146 Å². The largest absolute Gasteiger partial charge is 0.465 e. The van der Waals surface area contributed by atoms with Gasteiger partial charge in [0.25, 0.3) is 0 Å². The molecule has 0 aliphatic rings. The molecule has 0 saturated carbocycles. The second kappa shape index (κ2) is 44.1. The smallest absolute Gasteiger partial charge is 0.411 e. The van der Waals surface area contributed by atoms with Gasteiger partial charge in [0.2, 0.25) is 35.4 Å². The molecule has 0 heterocycles. The number of hydrogen-bond donors (Lipinski definition) is 8. The first kappa shape index (κ1) is 84.1. The van der Waals surface area contributed by atoms with Gasteiger partial charge in [0, 0.05) is 61.2 Å². The van der Waals surface area contributed by atoms with Gasteiger partial charge < -0.3 is 51.6 Å². The topological polar surface area (TPSA) is 272 Å². The molecule has 20 nitrogen and oxygen atoms in total. The number of urea groups is 1. The Balaban J connectivity index is 1.00. The fraction of sp³-hybridized carbons (Fsp3) is 0.471. The number of nitrogens with zero attached hydrogens (tertiary/aromatic N) is 1. The maximum absolute atomic E-state index is 14.2. The molecule has 0 saturated heterocycles. The quantitative estimate of drug-likeness (QED) is 0.0101. The van der Waals surface area contributed by atoms with Crippen LogP contribution >= 0.6 is 0 Å². The van der Waals surface area contributed by atoms with Crippen LogP contribution in [0.2, 0.25) is 0 Å². The lowest BCUT2D eigenvalue weighted by molar-refractivity contribution is -0.143. The standard InChI is InChI=1S/C85H115N9O11/c1-10-13-15-17-19-21-23-25-56-104-74(95)61-68-29-27-62(28-30-68)58-63-31-41-70(42-32-63)90-79(100)84(6,7)76(97)87-52-54-94(81(102)92-72-47-37-66(38-48-72)59-64-33-43-69(44-34-64)89-78(99)83(4,5)75(96)86-51-12-3)55-53-88-77(98)85(8,9)80(101)91-71-45-35-65(36-46-71)60-67-39-49-73(50-40-67)93-82(103)105-57-26-24-22-20-18-16-14-11-2/h27-50H,10-26,51-61H2,1-9H3,(H,86,96)(H,87,97)(H,88,98)(H,89,99)(H,90,100)(H,91,101)(H,92,102)(H,93,103). The molecule has 0 spiro atoms. The molecule has 0 bridgehead atoms. The van der Waals surface area contributed by atoms with Gasteiger partial charge in [-0.15, -0.1) is 0 Å². The predicted molar refractivity (Wildman–Crippen MR) is 419 cm³/mol. The molecule has 0 aliphatic heterocycles. The van der Waals surface area contributed by atoms with Crippen molar-refractivity contribution in [1.82, 2.24) is 20.9 Å². The highest BCUT2D eigenvalue weighted by atomic mass is 16.5. The third kappa shape index (κ3) is 29.7. The van der Waals surface area contributed by atoms with E-state index in [2.05, 4.69) is 56.4 Å². The van der Waals surface area contributed by atoms with Crippen molar-refractivity contribution >= 4 is 82.0 Å². The lowest BCUT2D eigenvalue weighted by Crippen LogP contribution is -2.50.